The molecule has 1 heterocycles. The van der Waals surface area contributed by atoms with Crippen molar-refractivity contribution < 1.29 is 15.1 Å². The normalized spacial score (nSPS) is 27.5. The monoisotopic (exact) mass is 146 g/mol. The van der Waals surface area contributed by atoms with Crippen molar-refractivity contribution >= 4 is 6.03 Å². The average Bonchev–Trinajstić information content (AvgIpc) is 1.93. The summed E-state index contributed by atoms with van der Waals surface area (Å²) in [5, 5.41) is 18.0. The fourth-order valence-electron chi connectivity index (χ4n) is 0.829. The van der Waals surface area contributed by atoms with Gasteiger partial charge in [-0.3, -0.25) is 5.21 Å². The smallest absolute Gasteiger partial charge is 0.345 e. The minimum absolute atomic E-state index is 0.337. The van der Waals surface area contributed by atoms with E-state index in [0.29, 0.717) is 18.0 Å². The van der Waals surface area contributed by atoms with Gasteiger partial charge in [0, 0.05) is 20.0 Å². The summed E-state index contributed by atoms with van der Waals surface area (Å²) in [6.45, 7) is 0.483. The van der Waals surface area contributed by atoms with E-state index in [2.05, 4.69) is 0 Å². The molecule has 1 fully saturated rings. The fraction of sp³-hybridized carbons (Fsp3) is 0.800. The summed E-state index contributed by atoms with van der Waals surface area (Å²) < 4.78 is 0. The van der Waals surface area contributed by atoms with Crippen LogP contribution in [0.5, 0.6) is 0 Å². The van der Waals surface area contributed by atoms with Crippen LogP contribution in [-0.4, -0.2) is 46.1 Å². The summed E-state index contributed by atoms with van der Waals surface area (Å²) in [4.78, 5) is 12.1. The molecule has 0 bridgehead atoms. The van der Waals surface area contributed by atoms with Gasteiger partial charge >= 0.3 is 6.03 Å². The Labute approximate surface area is 58.4 Å². The third-order valence-electron chi connectivity index (χ3n) is 1.53. The highest BCUT2D eigenvalue weighted by Gasteiger charge is 2.28. The Morgan fingerprint density at radius 2 is 2.30 bits per heavy atom. The van der Waals surface area contributed by atoms with Gasteiger partial charge < -0.3 is 10.0 Å². The molecule has 2 amide bonds. The summed E-state index contributed by atoms with van der Waals surface area (Å²) in [6.07, 6.45) is -0.651. The predicted molar refractivity (Wildman–Crippen MR) is 32.3 cm³/mol. The first-order valence-corrected chi connectivity index (χ1v) is 3.04. The van der Waals surface area contributed by atoms with Crippen LogP contribution in [0, 0.1) is 0 Å². The molecule has 1 atom stereocenters. The first-order chi connectivity index (χ1) is 4.63. The lowest BCUT2D eigenvalue weighted by Crippen LogP contribution is -2.51. The molecule has 5 nitrogen and oxygen atoms in total. The molecule has 1 rings (SSSR count). The molecule has 10 heavy (non-hydrogen) atoms. The highest BCUT2D eigenvalue weighted by molar-refractivity contribution is 5.73. The zero-order chi connectivity index (χ0) is 7.72. The molecule has 0 spiro atoms. The van der Waals surface area contributed by atoms with Crippen LogP contribution >= 0.6 is 0 Å². The lowest BCUT2D eigenvalue weighted by atomic mass is 10.3. The number of rotatable bonds is 0. The number of hydrogen-bond donors (Lipinski definition) is 2. The van der Waals surface area contributed by atoms with Gasteiger partial charge in [0.25, 0.3) is 0 Å². The van der Waals surface area contributed by atoms with Crippen molar-refractivity contribution in [2.24, 2.45) is 0 Å². The van der Waals surface area contributed by atoms with Crippen LogP contribution in [0.4, 0.5) is 4.79 Å². The highest BCUT2D eigenvalue weighted by atomic mass is 16.6. The number of amides is 2. The van der Waals surface area contributed by atoms with Gasteiger partial charge in [0.05, 0.1) is 0 Å². The Hall–Kier alpha value is -0.810. The van der Waals surface area contributed by atoms with E-state index in [0.717, 1.165) is 0 Å². The molecule has 0 radical (unpaired) electrons. The second-order valence-electron chi connectivity index (χ2n) is 2.32. The molecule has 0 saturated carbocycles. The van der Waals surface area contributed by atoms with Crippen LogP contribution in [0.2, 0.25) is 0 Å². The number of aliphatic hydroxyl groups excluding tert-OH is 1. The van der Waals surface area contributed by atoms with Crippen molar-refractivity contribution in [2.45, 2.75) is 12.6 Å². The van der Waals surface area contributed by atoms with Gasteiger partial charge in [-0.15, -0.1) is 0 Å². The molecular formula is C5H10N2O3. The van der Waals surface area contributed by atoms with E-state index in [1.807, 2.05) is 0 Å². The summed E-state index contributed by atoms with van der Waals surface area (Å²) in [7, 11) is 1.57. The van der Waals surface area contributed by atoms with E-state index in [9.17, 15) is 4.79 Å². The molecule has 1 saturated heterocycles. The van der Waals surface area contributed by atoms with Crippen molar-refractivity contribution in [3.63, 3.8) is 0 Å². The molecule has 0 aliphatic carbocycles. The van der Waals surface area contributed by atoms with E-state index in [1.54, 1.807) is 7.05 Å². The van der Waals surface area contributed by atoms with E-state index < -0.39 is 12.3 Å². The maximum Gasteiger partial charge on any atom is 0.345 e. The van der Waals surface area contributed by atoms with Crippen LogP contribution in [0.25, 0.3) is 0 Å². The van der Waals surface area contributed by atoms with Gasteiger partial charge in [0.1, 0.15) is 0 Å². The fourth-order valence-corrected chi connectivity index (χ4v) is 0.829. The van der Waals surface area contributed by atoms with Crippen molar-refractivity contribution in [3.8, 4) is 0 Å². The first kappa shape index (κ1) is 7.30. The maximum absolute atomic E-state index is 10.8. The summed E-state index contributed by atoms with van der Waals surface area (Å²) in [5.74, 6) is 0. The summed E-state index contributed by atoms with van der Waals surface area (Å²) in [6, 6.07) is -0.557. The van der Waals surface area contributed by atoms with Gasteiger partial charge in [-0.2, -0.15) is 5.06 Å². The minimum atomic E-state index is -1.04. The largest absolute Gasteiger partial charge is 0.371 e. The Balaban J connectivity index is 2.60. The molecule has 5 heteroatoms. The maximum atomic E-state index is 10.8. The lowest BCUT2D eigenvalue weighted by Gasteiger charge is -2.32. The topological polar surface area (TPSA) is 64.0 Å². The molecule has 0 aromatic carbocycles. The molecule has 1 aliphatic rings. The minimum Gasteiger partial charge on any atom is -0.371 e. The van der Waals surface area contributed by atoms with Crippen molar-refractivity contribution in [1.29, 1.82) is 0 Å². The van der Waals surface area contributed by atoms with Crippen LogP contribution in [0.3, 0.4) is 0 Å². The molecular weight excluding hydrogens is 136 g/mol. The lowest BCUT2D eigenvalue weighted by molar-refractivity contribution is -0.175. The van der Waals surface area contributed by atoms with Crippen molar-refractivity contribution in [1.82, 2.24) is 9.96 Å². The first-order valence-electron chi connectivity index (χ1n) is 3.04. The quantitative estimate of drug-likeness (QED) is 0.451. The molecule has 1 aliphatic heterocycles. The van der Waals surface area contributed by atoms with Gasteiger partial charge in [0.2, 0.25) is 0 Å². The zero-order valence-corrected chi connectivity index (χ0v) is 5.69. The van der Waals surface area contributed by atoms with Gasteiger partial charge in [-0.25, -0.2) is 4.79 Å². The molecule has 0 aromatic rings. The van der Waals surface area contributed by atoms with E-state index in [1.165, 1.54) is 4.90 Å². The van der Waals surface area contributed by atoms with E-state index in [-0.39, 0.29) is 0 Å². The molecule has 0 aromatic heterocycles. The van der Waals surface area contributed by atoms with E-state index >= 15 is 0 Å². The van der Waals surface area contributed by atoms with Gasteiger partial charge in [-0.05, 0) is 0 Å². The van der Waals surface area contributed by atoms with Crippen molar-refractivity contribution in [2.75, 3.05) is 13.6 Å². The zero-order valence-electron chi connectivity index (χ0n) is 5.69. The summed E-state index contributed by atoms with van der Waals surface area (Å²) in [5.41, 5.74) is 0. The third kappa shape index (κ3) is 1.05. The highest BCUT2D eigenvalue weighted by Crippen LogP contribution is 2.08. The van der Waals surface area contributed by atoms with Crippen LogP contribution in [0.1, 0.15) is 6.42 Å². The third-order valence-corrected chi connectivity index (χ3v) is 1.53. The number of aliphatic hydroxyl groups is 1. The van der Waals surface area contributed by atoms with Crippen LogP contribution < -0.4 is 0 Å². The number of carbonyl (C=O) groups excluding carboxylic acids is 1. The van der Waals surface area contributed by atoms with Gasteiger partial charge in [0.15, 0.2) is 6.23 Å². The van der Waals surface area contributed by atoms with E-state index in [4.69, 9.17) is 10.3 Å². The standard InChI is InChI=1S/C5H10N2O3/c1-6-3-2-4(8)7(10)5(6)9/h4,8,10H,2-3H2,1H3. The Morgan fingerprint density at radius 3 is 2.80 bits per heavy atom. The SMILES string of the molecule is CN1CCC(O)N(O)C1=O. The molecule has 1 unspecified atom stereocenters. The number of hydrogen-bond acceptors (Lipinski definition) is 3. The average molecular weight is 146 g/mol. The summed E-state index contributed by atoms with van der Waals surface area (Å²) >= 11 is 0. The van der Waals surface area contributed by atoms with Gasteiger partial charge in [-0.1, -0.05) is 0 Å². The number of urea groups is 1. The second-order valence-corrected chi connectivity index (χ2v) is 2.32. The van der Waals surface area contributed by atoms with Crippen molar-refractivity contribution in [3.05, 3.63) is 0 Å². The number of carbonyl (C=O) groups is 1. The van der Waals surface area contributed by atoms with Crippen LogP contribution in [0.15, 0.2) is 0 Å². The number of hydroxylamine groups is 2. The molecule has 2 N–H and O–H groups in total. The number of nitrogens with zero attached hydrogens (tertiary/aromatic N) is 2. The Morgan fingerprint density at radius 1 is 1.70 bits per heavy atom. The Kier molecular flexibility index (Phi) is 1.78. The van der Waals surface area contributed by atoms with Crippen LogP contribution in [-0.2, 0) is 0 Å². The molecule has 58 valence electrons. The Bertz CT molecular complexity index is 150. The second kappa shape index (κ2) is 2.43. The predicted octanol–water partition coefficient (Wildman–Crippen LogP) is -0.549.